The lowest BCUT2D eigenvalue weighted by molar-refractivity contribution is 0.384. The summed E-state index contributed by atoms with van der Waals surface area (Å²) in [6, 6.07) is 1.17. The van der Waals surface area contributed by atoms with E-state index in [4.69, 9.17) is 4.43 Å². The molecule has 3 nitrogen and oxygen atoms in total. The van der Waals surface area contributed by atoms with Gasteiger partial charge in [-0.05, 0) is 33.7 Å². The van der Waals surface area contributed by atoms with Crippen LogP contribution in [0.5, 0.6) is 0 Å². The first-order valence-corrected chi connectivity index (χ1v) is 5.42. The van der Waals surface area contributed by atoms with Gasteiger partial charge in [0.2, 0.25) is 0 Å². The zero-order chi connectivity index (χ0) is 7.98. The highest BCUT2D eigenvalue weighted by Gasteiger charge is 2.06. The minimum absolute atomic E-state index is 1.04. The molecular formula is C6H18N2OSi. The Kier molecular flexibility index (Phi) is 5.91. The average molecular weight is 162 g/mol. The monoisotopic (exact) mass is 162 g/mol. The van der Waals surface area contributed by atoms with E-state index in [9.17, 15) is 0 Å². The molecule has 0 aromatic heterocycles. The fraction of sp³-hybridized carbons (Fsp3) is 1.00. The minimum Gasteiger partial charge on any atom is -0.409 e. The van der Waals surface area contributed by atoms with Crippen molar-refractivity contribution >= 4 is 9.20 Å². The van der Waals surface area contributed by atoms with Crippen molar-refractivity contribution in [3.63, 3.8) is 0 Å². The van der Waals surface area contributed by atoms with Gasteiger partial charge < -0.3 is 14.3 Å². The van der Waals surface area contributed by atoms with Gasteiger partial charge in [0.05, 0.1) is 0 Å². The molecule has 62 valence electrons. The lowest BCUT2D eigenvalue weighted by Crippen LogP contribution is -2.35. The molecule has 1 atom stereocenters. The molecule has 0 aliphatic heterocycles. The molecule has 0 bridgehead atoms. The van der Waals surface area contributed by atoms with Gasteiger partial charge in [0.15, 0.2) is 0 Å². The van der Waals surface area contributed by atoms with Crippen LogP contribution in [0, 0.1) is 0 Å². The van der Waals surface area contributed by atoms with Gasteiger partial charge in [-0.2, -0.15) is 0 Å². The number of nitrogens with one attached hydrogen (secondary N) is 1. The summed E-state index contributed by atoms with van der Waals surface area (Å²) < 4.78 is 5.25. The molecule has 0 rings (SSSR count). The number of hydrogen-bond acceptors (Lipinski definition) is 3. The van der Waals surface area contributed by atoms with Crippen molar-refractivity contribution in [2.75, 3.05) is 34.8 Å². The summed E-state index contributed by atoms with van der Waals surface area (Å²) in [5, 5.41) is 0. The van der Waals surface area contributed by atoms with E-state index in [2.05, 4.69) is 24.0 Å². The van der Waals surface area contributed by atoms with Crippen molar-refractivity contribution in [1.29, 1.82) is 0 Å². The fourth-order valence-electron chi connectivity index (χ4n) is 0.755. The zero-order valence-corrected chi connectivity index (χ0v) is 8.50. The van der Waals surface area contributed by atoms with Gasteiger partial charge >= 0.3 is 0 Å². The summed E-state index contributed by atoms with van der Waals surface area (Å²) in [5.41, 5.74) is 0. The molecule has 4 heteroatoms. The molecule has 0 aliphatic rings. The molecule has 1 N–H and O–H groups in total. The smallest absolute Gasteiger partial charge is 0.252 e. The maximum absolute atomic E-state index is 5.25. The molecule has 0 radical (unpaired) electrons. The molecule has 0 fully saturated rings. The maximum Gasteiger partial charge on any atom is 0.252 e. The third-order valence-electron chi connectivity index (χ3n) is 1.44. The van der Waals surface area contributed by atoms with Crippen molar-refractivity contribution < 1.29 is 4.43 Å². The van der Waals surface area contributed by atoms with E-state index < -0.39 is 9.20 Å². The van der Waals surface area contributed by atoms with Crippen LogP contribution in [-0.4, -0.2) is 48.9 Å². The van der Waals surface area contributed by atoms with Crippen LogP contribution in [0.3, 0.4) is 0 Å². The molecule has 0 aromatic rings. The zero-order valence-electron chi connectivity index (χ0n) is 7.35. The van der Waals surface area contributed by atoms with Crippen molar-refractivity contribution in [3.8, 4) is 0 Å². The molecule has 0 spiro atoms. The third kappa shape index (κ3) is 4.93. The summed E-state index contributed by atoms with van der Waals surface area (Å²) in [6.07, 6.45) is 0. The quantitative estimate of drug-likeness (QED) is 0.559. The van der Waals surface area contributed by atoms with Gasteiger partial charge in [-0.3, -0.25) is 0 Å². The van der Waals surface area contributed by atoms with E-state index in [1.807, 2.05) is 7.05 Å². The summed E-state index contributed by atoms with van der Waals surface area (Å²) >= 11 is 0. The Morgan fingerprint density at radius 3 is 2.40 bits per heavy atom. The van der Waals surface area contributed by atoms with Crippen LogP contribution in [-0.2, 0) is 4.43 Å². The van der Waals surface area contributed by atoms with Gasteiger partial charge in [0, 0.05) is 7.11 Å². The number of rotatable bonds is 5. The van der Waals surface area contributed by atoms with Gasteiger partial charge in [-0.25, -0.2) is 0 Å². The summed E-state index contributed by atoms with van der Waals surface area (Å²) in [6.45, 7) is 1.12. The van der Waals surface area contributed by atoms with E-state index in [0.29, 0.717) is 0 Å². The van der Waals surface area contributed by atoms with Crippen LogP contribution >= 0.6 is 0 Å². The van der Waals surface area contributed by atoms with E-state index in [1.165, 1.54) is 6.04 Å². The van der Waals surface area contributed by atoms with Crippen molar-refractivity contribution in [2.24, 2.45) is 0 Å². The van der Waals surface area contributed by atoms with Crippen LogP contribution in [0.25, 0.3) is 0 Å². The molecular weight excluding hydrogens is 144 g/mol. The Balaban J connectivity index is 3.26. The Labute approximate surface area is 65.2 Å². The lowest BCUT2D eigenvalue weighted by atomic mass is 10.7. The number of hydrogen-bond donors (Lipinski definition) is 1. The second kappa shape index (κ2) is 5.85. The highest BCUT2D eigenvalue weighted by atomic mass is 28.3. The van der Waals surface area contributed by atoms with Crippen LogP contribution in [0.4, 0.5) is 0 Å². The largest absolute Gasteiger partial charge is 0.409 e. The molecule has 0 aromatic carbocycles. The normalized spacial score (nSPS) is 14.1. The van der Waals surface area contributed by atoms with Gasteiger partial charge in [-0.15, -0.1) is 0 Å². The first-order valence-electron chi connectivity index (χ1n) is 3.55. The fourth-order valence-corrected chi connectivity index (χ4v) is 2.27. The van der Waals surface area contributed by atoms with Crippen molar-refractivity contribution in [2.45, 2.75) is 6.04 Å². The summed E-state index contributed by atoms with van der Waals surface area (Å²) in [4.78, 5) is 5.37. The topological polar surface area (TPSA) is 24.5 Å². The Hall–Kier alpha value is 0.0969. The Morgan fingerprint density at radius 1 is 1.50 bits per heavy atom. The molecule has 1 unspecified atom stereocenters. The Morgan fingerprint density at radius 2 is 2.10 bits per heavy atom. The van der Waals surface area contributed by atoms with E-state index in [1.54, 1.807) is 7.11 Å². The predicted octanol–water partition coefficient (Wildman–Crippen LogP) is -0.366. The average Bonchev–Trinajstić information content (AvgIpc) is 1.90. The summed E-state index contributed by atoms with van der Waals surface area (Å²) in [7, 11) is 6.87. The molecule has 0 aliphatic carbocycles. The summed E-state index contributed by atoms with van der Waals surface area (Å²) in [5.74, 6) is 0. The highest BCUT2D eigenvalue weighted by molar-refractivity contribution is 6.48. The molecule has 0 amide bonds. The van der Waals surface area contributed by atoms with E-state index in [0.717, 1.165) is 6.54 Å². The minimum atomic E-state index is -1.04. The molecule has 0 saturated carbocycles. The van der Waals surface area contributed by atoms with Crippen LogP contribution < -0.4 is 4.98 Å². The predicted molar refractivity (Wildman–Crippen MR) is 46.6 cm³/mol. The van der Waals surface area contributed by atoms with Crippen molar-refractivity contribution in [3.05, 3.63) is 0 Å². The van der Waals surface area contributed by atoms with Crippen LogP contribution in [0.15, 0.2) is 0 Å². The second-order valence-electron chi connectivity index (χ2n) is 2.60. The Bertz CT molecular complexity index is 76.1. The van der Waals surface area contributed by atoms with E-state index in [-0.39, 0.29) is 0 Å². The number of nitrogens with zero attached hydrogens (tertiary/aromatic N) is 1. The standard InChI is InChI=1S/C6H18N2OSi/c1-7-10(9-4)6-5-8(2)3/h7,10H,5-6H2,1-4H3. The third-order valence-corrected chi connectivity index (χ3v) is 3.44. The maximum atomic E-state index is 5.25. The second-order valence-corrected chi connectivity index (χ2v) is 5.21. The SMILES string of the molecule is CN[SiH](CCN(C)C)OC. The van der Waals surface area contributed by atoms with E-state index >= 15 is 0 Å². The van der Waals surface area contributed by atoms with Gasteiger partial charge in [-0.1, -0.05) is 0 Å². The van der Waals surface area contributed by atoms with Crippen molar-refractivity contribution in [1.82, 2.24) is 9.88 Å². The van der Waals surface area contributed by atoms with Crippen LogP contribution in [0.1, 0.15) is 0 Å². The lowest BCUT2D eigenvalue weighted by Gasteiger charge is -2.14. The van der Waals surface area contributed by atoms with Gasteiger partial charge in [0.1, 0.15) is 0 Å². The van der Waals surface area contributed by atoms with Gasteiger partial charge in [0.25, 0.3) is 9.20 Å². The molecule has 10 heavy (non-hydrogen) atoms. The molecule has 0 saturated heterocycles. The molecule has 0 heterocycles. The highest BCUT2D eigenvalue weighted by Crippen LogP contribution is 1.89. The van der Waals surface area contributed by atoms with Crippen LogP contribution in [0.2, 0.25) is 6.04 Å². The first-order chi connectivity index (χ1) is 4.70. The first kappa shape index (κ1) is 10.1.